The highest BCUT2D eigenvalue weighted by Crippen LogP contribution is 2.35. The van der Waals surface area contributed by atoms with Gasteiger partial charge in [-0.2, -0.15) is 18.2 Å². The first-order valence-corrected chi connectivity index (χ1v) is 9.25. The maximum atomic E-state index is 13.0. The number of hydrogen-bond donors (Lipinski definition) is 0. The first kappa shape index (κ1) is 19.2. The van der Waals surface area contributed by atoms with Crippen molar-refractivity contribution in [2.24, 2.45) is 0 Å². The molecule has 0 saturated carbocycles. The van der Waals surface area contributed by atoms with Crippen LogP contribution in [-0.2, 0) is 17.4 Å². The molecule has 0 spiro atoms. The minimum absolute atomic E-state index is 0.115. The number of carbonyl (C=O) groups excluding carboxylic acids is 1. The number of nitrogens with zero attached hydrogens (tertiary/aromatic N) is 3. The first-order valence-electron chi connectivity index (χ1n) is 9.25. The van der Waals surface area contributed by atoms with Gasteiger partial charge in [-0.05, 0) is 42.3 Å². The van der Waals surface area contributed by atoms with Crippen LogP contribution in [0.2, 0.25) is 0 Å². The van der Waals surface area contributed by atoms with Crippen LogP contribution in [0.1, 0.15) is 36.2 Å². The Morgan fingerprint density at radius 2 is 1.93 bits per heavy atom. The molecule has 29 heavy (non-hydrogen) atoms. The SMILES string of the molecule is CCc1ccc(-c2nc(C3CC(=O)N(c4cccc(C(F)(F)F)c4)C3)no2)cc1. The van der Waals surface area contributed by atoms with E-state index in [1.807, 2.05) is 24.3 Å². The molecule has 1 aromatic heterocycles. The van der Waals surface area contributed by atoms with Crippen molar-refractivity contribution in [2.75, 3.05) is 11.4 Å². The van der Waals surface area contributed by atoms with Gasteiger partial charge in [0.05, 0.1) is 5.56 Å². The Bertz CT molecular complexity index is 1030. The molecule has 5 nitrogen and oxygen atoms in total. The maximum Gasteiger partial charge on any atom is 0.416 e. The summed E-state index contributed by atoms with van der Waals surface area (Å²) in [6.45, 7) is 2.26. The maximum absolute atomic E-state index is 13.0. The van der Waals surface area contributed by atoms with Crippen molar-refractivity contribution < 1.29 is 22.5 Å². The molecule has 1 saturated heterocycles. The van der Waals surface area contributed by atoms with Gasteiger partial charge in [0.2, 0.25) is 5.91 Å². The van der Waals surface area contributed by atoms with E-state index in [1.54, 1.807) is 0 Å². The Labute approximate surface area is 165 Å². The van der Waals surface area contributed by atoms with Crippen LogP contribution in [0.4, 0.5) is 18.9 Å². The summed E-state index contributed by atoms with van der Waals surface area (Å²) in [6, 6.07) is 12.5. The van der Waals surface area contributed by atoms with Crippen molar-refractivity contribution in [1.29, 1.82) is 0 Å². The van der Waals surface area contributed by atoms with Crippen LogP contribution >= 0.6 is 0 Å². The van der Waals surface area contributed by atoms with E-state index in [0.29, 0.717) is 11.7 Å². The van der Waals surface area contributed by atoms with E-state index >= 15 is 0 Å². The number of aryl methyl sites for hydroxylation is 1. The van der Waals surface area contributed by atoms with Gasteiger partial charge in [0.25, 0.3) is 5.89 Å². The zero-order chi connectivity index (χ0) is 20.6. The Hall–Kier alpha value is -3.16. The smallest absolute Gasteiger partial charge is 0.334 e. The minimum atomic E-state index is -4.46. The summed E-state index contributed by atoms with van der Waals surface area (Å²) in [5.41, 5.74) is 1.39. The van der Waals surface area contributed by atoms with E-state index in [-0.39, 0.29) is 30.5 Å². The number of halogens is 3. The summed E-state index contributed by atoms with van der Waals surface area (Å²) in [7, 11) is 0. The number of amides is 1. The molecule has 1 unspecified atom stereocenters. The zero-order valence-electron chi connectivity index (χ0n) is 15.6. The molecule has 2 aromatic carbocycles. The molecule has 4 rings (SSSR count). The van der Waals surface area contributed by atoms with Crippen LogP contribution in [0.5, 0.6) is 0 Å². The van der Waals surface area contributed by atoms with E-state index in [0.717, 1.165) is 24.1 Å². The van der Waals surface area contributed by atoms with Crippen LogP contribution in [0.15, 0.2) is 53.1 Å². The molecule has 0 radical (unpaired) electrons. The third-order valence-corrected chi connectivity index (χ3v) is 5.03. The summed E-state index contributed by atoms with van der Waals surface area (Å²) >= 11 is 0. The second-order valence-corrected chi connectivity index (χ2v) is 6.96. The van der Waals surface area contributed by atoms with Gasteiger partial charge in [-0.15, -0.1) is 0 Å². The van der Waals surface area contributed by atoms with Gasteiger partial charge in [-0.3, -0.25) is 4.79 Å². The summed E-state index contributed by atoms with van der Waals surface area (Å²) in [5, 5.41) is 3.99. The first-order chi connectivity index (χ1) is 13.8. The van der Waals surface area contributed by atoms with Gasteiger partial charge >= 0.3 is 6.18 Å². The lowest BCUT2D eigenvalue weighted by atomic mass is 10.1. The molecule has 0 N–H and O–H groups in total. The number of rotatable bonds is 4. The third-order valence-electron chi connectivity index (χ3n) is 5.03. The Balaban J connectivity index is 1.53. The molecule has 0 aliphatic carbocycles. The van der Waals surface area contributed by atoms with Gasteiger partial charge in [-0.25, -0.2) is 0 Å². The fourth-order valence-electron chi connectivity index (χ4n) is 3.38. The largest absolute Gasteiger partial charge is 0.416 e. The van der Waals surface area contributed by atoms with E-state index in [9.17, 15) is 18.0 Å². The van der Waals surface area contributed by atoms with E-state index in [1.165, 1.54) is 22.6 Å². The quantitative estimate of drug-likeness (QED) is 0.628. The molecule has 1 fully saturated rings. The lowest BCUT2D eigenvalue weighted by molar-refractivity contribution is -0.137. The second kappa shape index (κ2) is 7.35. The monoisotopic (exact) mass is 401 g/mol. The molecular formula is C21H18F3N3O2. The van der Waals surface area contributed by atoms with Crippen LogP contribution in [0.25, 0.3) is 11.5 Å². The predicted octanol–water partition coefficient (Wildman–Crippen LogP) is 4.84. The standard InChI is InChI=1S/C21H18F3N3O2/c1-2-13-6-8-14(9-7-13)20-25-19(26-29-20)15-10-18(28)27(12-15)17-5-3-4-16(11-17)21(22,23)24/h3-9,11,15H,2,10,12H2,1H3. The number of benzene rings is 2. The summed E-state index contributed by atoms with van der Waals surface area (Å²) < 4.78 is 44.2. The lowest BCUT2D eigenvalue weighted by Gasteiger charge is -2.18. The third kappa shape index (κ3) is 3.87. The zero-order valence-corrected chi connectivity index (χ0v) is 15.6. The highest BCUT2D eigenvalue weighted by Gasteiger charge is 2.36. The predicted molar refractivity (Wildman–Crippen MR) is 100 cm³/mol. The summed E-state index contributed by atoms with van der Waals surface area (Å²) in [4.78, 5) is 18.2. The van der Waals surface area contributed by atoms with Gasteiger partial charge in [-0.1, -0.05) is 30.3 Å². The molecule has 3 aromatic rings. The van der Waals surface area contributed by atoms with Crippen molar-refractivity contribution >= 4 is 11.6 Å². The van der Waals surface area contributed by atoms with E-state index in [4.69, 9.17) is 4.52 Å². The van der Waals surface area contributed by atoms with E-state index < -0.39 is 11.7 Å². The molecular weight excluding hydrogens is 383 g/mol. The second-order valence-electron chi connectivity index (χ2n) is 6.96. The Morgan fingerprint density at radius 3 is 2.62 bits per heavy atom. The van der Waals surface area contributed by atoms with Crippen molar-refractivity contribution in [3.63, 3.8) is 0 Å². The number of hydrogen-bond acceptors (Lipinski definition) is 4. The topological polar surface area (TPSA) is 59.2 Å². The molecule has 8 heteroatoms. The normalized spacial score (nSPS) is 17.2. The van der Waals surface area contributed by atoms with Crippen LogP contribution < -0.4 is 4.90 Å². The lowest BCUT2D eigenvalue weighted by Crippen LogP contribution is -2.24. The fourth-order valence-corrected chi connectivity index (χ4v) is 3.38. The van der Waals surface area contributed by atoms with E-state index in [2.05, 4.69) is 17.1 Å². The average molecular weight is 401 g/mol. The molecule has 1 amide bonds. The molecule has 1 atom stereocenters. The van der Waals surface area contributed by atoms with Gasteiger partial charge in [0.15, 0.2) is 5.82 Å². The van der Waals surface area contributed by atoms with Gasteiger partial charge in [0.1, 0.15) is 0 Å². The van der Waals surface area contributed by atoms with Crippen LogP contribution in [0.3, 0.4) is 0 Å². The molecule has 2 heterocycles. The number of carbonyl (C=O) groups is 1. The van der Waals surface area contributed by atoms with Crippen molar-refractivity contribution in [2.45, 2.75) is 31.9 Å². The Kier molecular flexibility index (Phi) is 4.86. The highest BCUT2D eigenvalue weighted by molar-refractivity contribution is 5.96. The fraction of sp³-hybridized carbons (Fsp3) is 0.286. The number of anilines is 1. The molecule has 150 valence electrons. The van der Waals surface area contributed by atoms with Crippen molar-refractivity contribution in [1.82, 2.24) is 10.1 Å². The van der Waals surface area contributed by atoms with Gasteiger partial charge in [0, 0.05) is 30.1 Å². The highest BCUT2D eigenvalue weighted by atomic mass is 19.4. The van der Waals surface area contributed by atoms with Gasteiger partial charge < -0.3 is 9.42 Å². The molecule has 1 aliphatic rings. The minimum Gasteiger partial charge on any atom is -0.334 e. The van der Waals surface area contributed by atoms with Crippen molar-refractivity contribution in [3.05, 3.63) is 65.5 Å². The summed E-state index contributed by atoms with van der Waals surface area (Å²) in [6.07, 6.45) is -3.43. The van der Waals surface area contributed by atoms with Crippen molar-refractivity contribution in [3.8, 4) is 11.5 Å². The average Bonchev–Trinajstić information content (AvgIpc) is 3.34. The number of aromatic nitrogens is 2. The van der Waals surface area contributed by atoms with Crippen LogP contribution in [0, 0.1) is 0 Å². The molecule has 0 bridgehead atoms. The molecule has 1 aliphatic heterocycles. The Morgan fingerprint density at radius 1 is 1.17 bits per heavy atom. The van der Waals surface area contributed by atoms with Crippen LogP contribution in [-0.4, -0.2) is 22.6 Å². The number of alkyl halides is 3. The summed E-state index contributed by atoms with van der Waals surface area (Å²) in [5.74, 6) is 0.118.